The van der Waals surface area contributed by atoms with Gasteiger partial charge in [0.05, 0.1) is 20.3 Å². The van der Waals surface area contributed by atoms with Crippen molar-refractivity contribution in [3.8, 4) is 11.5 Å². The van der Waals surface area contributed by atoms with Gasteiger partial charge in [0.2, 0.25) is 0 Å². The summed E-state index contributed by atoms with van der Waals surface area (Å²) in [7, 11) is 1.48. The highest BCUT2D eigenvalue weighted by atomic mass is 16.6. The van der Waals surface area contributed by atoms with E-state index in [1.807, 2.05) is 30.3 Å². The maximum absolute atomic E-state index is 12.7. The van der Waals surface area contributed by atoms with Crippen LogP contribution in [-0.2, 0) is 20.9 Å². The van der Waals surface area contributed by atoms with Crippen molar-refractivity contribution in [2.24, 2.45) is 0 Å². The second kappa shape index (κ2) is 9.60. The van der Waals surface area contributed by atoms with E-state index < -0.39 is 17.9 Å². The van der Waals surface area contributed by atoms with Crippen LogP contribution in [0.15, 0.2) is 54.2 Å². The zero-order valence-electron chi connectivity index (χ0n) is 16.7. The minimum atomic E-state index is -0.502. The summed E-state index contributed by atoms with van der Waals surface area (Å²) in [5.41, 5.74) is 1.60. The minimum absolute atomic E-state index is 0.150. The van der Waals surface area contributed by atoms with Crippen molar-refractivity contribution in [1.82, 2.24) is 10.2 Å². The first-order chi connectivity index (χ1) is 14.5. The number of hydrogen-bond donors (Lipinski definition) is 1. The summed E-state index contributed by atoms with van der Waals surface area (Å²) in [6.45, 7) is 1.87. The predicted octanol–water partition coefficient (Wildman–Crippen LogP) is 2.73. The van der Waals surface area contributed by atoms with E-state index in [2.05, 4.69) is 5.32 Å². The molecule has 1 saturated heterocycles. The van der Waals surface area contributed by atoms with Crippen molar-refractivity contribution in [1.29, 1.82) is 0 Å². The van der Waals surface area contributed by atoms with Crippen molar-refractivity contribution >= 4 is 24.0 Å². The van der Waals surface area contributed by atoms with Crippen molar-refractivity contribution in [2.45, 2.75) is 13.5 Å². The lowest BCUT2D eigenvalue weighted by Gasteiger charge is -2.12. The van der Waals surface area contributed by atoms with Crippen LogP contribution in [0, 0.1) is 0 Å². The average molecular weight is 410 g/mol. The highest BCUT2D eigenvalue weighted by molar-refractivity contribution is 6.13. The molecule has 1 N–H and O–H groups in total. The molecule has 8 nitrogen and oxygen atoms in total. The fourth-order valence-electron chi connectivity index (χ4n) is 2.88. The lowest BCUT2D eigenvalue weighted by Crippen LogP contribution is -2.30. The lowest BCUT2D eigenvalue weighted by molar-refractivity contribution is -0.145. The third-order valence-corrected chi connectivity index (χ3v) is 4.30. The summed E-state index contributed by atoms with van der Waals surface area (Å²) in [6, 6.07) is 13.7. The first kappa shape index (κ1) is 20.9. The molecule has 1 heterocycles. The summed E-state index contributed by atoms with van der Waals surface area (Å²) in [6.07, 6.45) is 1.54. The Kier molecular flexibility index (Phi) is 6.69. The zero-order valence-corrected chi connectivity index (χ0v) is 16.7. The number of nitrogens with one attached hydrogen (secondary N) is 1. The molecule has 0 unspecified atom stereocenters. The number of hydrogen-bond acceptors (Lipinski definition) is 6. The van der Waals surface area contributed by atoms with Gasteiger partial charge in [0, 0.05) is 0 Å². The Morgan fingerprint density at radius 2 is 1.87 bits per heavy atom. The summed E-state index contributed by atoms with van der Waals surface area (Å²) in [4.78, 5) is 37.6. The monoisotopic (exact) mass is 410 g/mol. The Bertz CT molecular complexity index is 971. The van der Waals surface area contributed by atoms with Gasteiger partial charge in [-0.2, -0.15) is 0 Å². The molecule has 2 aromatic rings. The van der Waals surface area contributed by atoms with Crippen molar-refractivity contribution in [3.63, 3.8) is 0 Å². The topological polar surface area (TPSA) is 94.2 Å². The van der Waals surface area contributed by atoms with Gasteiger partial charge in [0.25, 0.3) is 5.91 Å². The Morgan fingerprint density at radius 3 is 2.57 bits per heavy atom. The fraction of sp³-hybridized carbons (Fsp3) is 0.227. The number of rotatable bonds is 8. The molecule has 1 aliphatic heterocycles. The molecule has 0 bridgehead atoms. The molecule has 0 radical (unpaired) electrons. The van der Waals surface area contributed by atoms with Crippen LogP contribution in [0.3, 0.4) is 0 Å². The maximum atomic E-state index is 12.7. The van der Waals surface area contributed by atoms with Gasteiger partial charge in [-0.05, 0) is 36.3 Å². The molecule has 2 aromatic carbocycles. The number of imide groups is 1. The summed E-state index contributed by atoms with van der Waals surface area (Å²) in [5.74, 6) is -0.182. The van der Waals surface area contributed by atoms with Crippen LogP contribution < -0.4 is 14.8 Å². The molecule has 30 heavy (non-hydrogen) atoms. The molecule has 3 amide bonds. The van der Waals surface area contributed by atoms with Crippen molar-refractivity contribution < 1.29 is 28.6 Å². The zero-order chi connectivity index (χ0) is 21.5. The SMILES string of the molecule is CCOC(=O)COc1cc(/C=C2\NC(=O)N(Cc3ccccc3)C2=O)ccc1OC. The molecule has 0 aliphatic carbocycles. The molecule has 0 saturated carbocycles. The van der Waals surface area contributed by atoms with Crippen molar-refractivity contribution in [3.05, 3.63) is 65.4 Å². The molecule has 0 atom stereocenters. The highest BCUT2D eigenvalue weighted by Gasteiger charge is 2.33. The summed E-state index contributed by atoms with van der Waals surface area (Å²) < 4.78 is 15.6. The predicted molar refractivity (Wildman–Crippen MR) is 109 cm³/mol. The van der Waals surface area contributed by atoms with Gasteiger partial charge in [-0.15, -0.1) is 0 Å². The smallest absolute Gasteiger partial charge is 0.344 e. The highest BCUT2D eigenvalue weighted by Crippen LogP contribution is 2.29. The van der Waals surface area contributed by atoms with Crippen molar-refractivity contribution in [2.75, 3.05) is 20.3 Å². The number of ether oxygens (including phenoxy) is 3. The first-order valence-corrected chi connectivity index (χ1v) is 9.36. The van der Waals surface area contributed by atoms with E-state index in [9.17, 15) is 14.4 Å². The molecule has 1 aliphatic rings. The van der Waals surface area contributed by atoms with E-state index in [4.69, 9.17) is 14.2 Å². The second-order valence-electron chi connectivity index (χ2n) is 6.37. The van der Waals surface area contributed by atoms with Crippen LogP contribution in [0.1, 0.15) is 18.1 Å². The number of nitrogens with zero attached hydrogens (tertiary/aromatic N) is 1. The number of esters is 1. The number of methoxy groups -OCH3 is 1. The Morgan fingerprint density at radius 1 is 1.10 bits per heavy atom. The molecule has 3 rings (SSSR count). The van der Waals surface area contributed by atoms with Gasteiger partial charge in [-0.1, -0.05) is 36.4 Å². The number of carbonyl (C=O) groups excluding carboxylic acids is 3. The van der Waals surface area contributed by atoms with E-state index in [0.29, 0.717) is 17.1 Å². The third kappa shape index (κ3) is 4.96. The largest absolute Gasteiger partial charge is 0.493 e. The van der Waals surface area contributed by atoms with Crippen LogP contribution in [0.25, 0.3) is 6.08 Å². The Labute approximate surface area is 174 Å². The van der Waals surface area contributed by atoms with Gasteiger partial charge < -0.3 is 19.5 Å². The first-order valence-electron chi connectivity index (χ1n) is 9.36. The Hall–Kier alpha value is -3.81. The molecule has 8 heteroatoms. The third-order valence-electron chi connectivity index (χ3n) is 4.30. The van der Waals surface area contributed by atoms with Crippen LogP contribution in [0.2, 0.25) is 0 Å². The van der Waals surface area contributed by atoms with Gasteiger partial charge in [-0.3, -0.25) is 9.69 Å². The minimum Gasteiger partial charge on any atom is -0.493 e. The number of amides is 3. The van der Waals surface area contributed by atoms with Gasteiger partial charge in [0.1, 0.15) is 5.70 Å². The van der Waals surface area contributed by atoms with E-state index >= 15 is 0 Å². The summed E-state index contributed by atoms with van der Waals surface area (Å²) in [5, 5.41) is 2.59. The van der Waals surface area contributed by atoms with Crippen LogP contribution in [-0.4, -0.2) is 43.1 Å². The van der Waals surface area contributed by atoms with E-state index in [-0.39, 0.29) is 25.5 Å². The quantitative estimate of drug-likeness (QED) is 0.409. The van der Waals surface area contributed by atoms with E-state index in [1.54, 1.807) is 31.2 Å². The summed E-state index contributed by atoms with van der Waals surface area (Å²) >= 11 is 0. The standard InChI is InChI=1S/C22H22N2O6/c1-3-29-20(25)14-30-19-12-16(9-10-18(19)28-2)11-17-21(26)24(22(27)23-17)13-15-7-5-4-6-8-15/h4-12H,3,13-14H2,1-2H3,(H,23,27)/b17-11-. The number of benzene rings is 2. The molecular formula is C22H22N2O6. The normalized spacial score (nSPS) is 14.6. The van der Waals surface area contributed by atoms with E-state index in [1.165, 1.54) is 7.11 Å². The average Bonchev–Trinajstić information content (AvgIpc) is 3.00. The van der Waals surface area contributed by atoms with Crippen LogP contribution >= 0.6 is 0 Å². The van der Waals surface area contributed by atoms with Crippen LogP contribution in [0.4, 0.5) is 4.79 Å². The number of carbonyl (C=O) groups is 3. The maximum Gasteiger partial charge on any atom is 0.344 e. The fourth-order valence-corrected chi connectivity index (χ4v) is 2.88. The van der Waals surface area contributed by atoms with Crippen LogP contribution in [0.5, 0.6) is 11.5 Å². The molecule has 156 valence electrons. The van der Waals surface area contributed by atoms with Gasteiger partial charge in [-0.25, -0.2) is 9.59 Å². The molecule has 0 aromatic heterocycles. The molecule has 1 fully saturated rings. The van der Waals surface area contributed by atoms with Gasteiger partial charge in [0.15, 0.2) is 18.1 Å². The molecule has 0 spiro atoms. The Balaban J connectivity index is 1.77. The van der Waals surface area contributed by atoms with E-state index in [0.717, 1.165) is 10.5 Å². The van der Waals surface area contributed by atoms with Gasteiger partial charge >= 0.3 is 12.0 Å². The second-order valence-corrected chi connectivity index (χ2v) is 6.37. The molecular weight excluding hydrogens is 388 g/mol. The number of urea groups is 1. The lowest BCUT2D eigenvalue weighted by atomic mass is 10.1.